The fourth-order valence-electron chi connectivity index (χ4n) is 1.32. The molecule has 92 valence electrons. The molecule has 1 heterocycles. The van der Waals surface area contributed by atoms with E-state index in [0.717, 1.165) is 19.6 Å². The number of rotatable bonds is 4. The van der Waals surface area contributed by atoms with Gasteiger partial charge in [0.15, 0.2) is 8.32 Å². The number of hydrogen-bond acceptors (Lipinski definition) is 2. The predicted molar refractivity (Wildman–Crippen MR) is 73.8 cm³/mol. The van der Waals surface area contributed by atoms with Crippen molar-refractivity contribution in [3.05, 3.63) is 11.6 Å². The molecule has 0 N–H and O–H groups in total. The Labute approximate surface area is 101 Å². The van der Waals surface area contributed by atoms with E-state index < -0.39 is 8.32 Å². The summed E-state index contributed by atoms with van der Waals surface area (Å²) in [6.07, 6.45) is 3.23. The maximum Gasteiger partial charge on any atom is 0.192 e. The van der Waals surface area contributed by atoms with Gasteiger partial charge in [0.1, 0.15) is 0 Å². The molecule has 0 saturated carbocycles. The van der Waals surface area contributed by atoms with Crippen LogP contribution in [0.4, 0.5) is 0 Å². The van der Waals surface area contributed by atoms with E-state index in [-0.39, 0.29) is 0 Å². The molecule has 0 aromatic rings. The summed E-state index contributed by atoms with van der Waals surface area (Å²) in [6.45, 7) is 15.2. The molecule has 16 heavy (non-hydrogen) atoms. The largest absolute Gasteiger partial charge is 0.413 e. The van der Waals surface area contributed by atoms with Crippen molar-refractivity contribution in [3.63, 3.8) is 0 Å². The highest BCUT2D eigenvalue weighted by atomic mass is 28.4. The first-order valence-electron chi connectivity index (χ1n) is 6.13. The molecule has 0 amide bonds. The first-order chi connectivity index (χ1) is 7.26. The van der Waals surface area contributed by atoms with Gasteiger partial charge < -0.3 is 4.43 Å². The zero-order valence-corrected chi connectivity index (χ0v) is 12.6. The predicted octanol–water partition coefficient (Wildman–Crippen LogP) is 3.80. The molecule has 0 unspecified atom stereocenters. The Morgan fingerprint density at radius 3 is 2.44 bits per heavy atom. The lowest BCUT2D eigenvalue weighted by molar-refractivity contribution is 0.318. The van der Waals surface area contributed by atoms with Crippen molar-refractivity contribution >= 4 is 14.0 Å². The molecule has 0 aromatic heterocycles. The molecule has 0 aromatic carbocycles. The smallest absolute Gasteiger partial charge is 0.192 e. The Kier molecular flexibility index (Phi) is 4.13. The van der Waals surface area contributed by atoms with Gasteiger partial charge in [-0.25, -0.2) is 0 Å². The highest BCUT2D eigenvalue weighted by Gasteiger charge is 2.37. The molecular formula is C13H25NOSi. The second kappa shape index (κ2) is 4.84. The summed E-state index contributed by atoms with van der Waals surface area (Å²) in [5.74, 6) is 0. The van der Waals surface area contributed by atoms with Crippen LogP contribution in [-0.4, -0.2) is 27.2 Å². The minimum atomic E-state index is -1.60. The maximum absolute atomic E-state index is 6.17. The number of aliphatic imine (C=N–C) groups is 1. The molecule has 0 bridgehead atoms. The first-order valence-corrected chi connectivity index (χ1v) is 9.04. The van der Waals surface area contributed by atoms with Gasteiger partial charge in [0.2, 0.25) is 0 Å². The number of allylic oxidation sites excluding steroid dienone is 1. The topological polar surface area (TPSA) is 21.6 Å². The zero-order valence-electron chi connectivity index (χ0n) is 11.6. The van der Waals surface area contributed by atoms with Crippen LogP contribution in [0.5, 0.6) is 0 Å². The normalized spacial score (nSPS) is 17.4. The fourth-order valence-corrected chi connectivity index (χ4v) is 2.30. The molecular weight excluding hydrogens is 214 g/mol. The maximum atomic E-state index is 6.17. The first kappa shape index (κ1) is 13.7. The van der Waals surface area contributed by atoms with Crippen LogP contribution in [0.25, 0.3) is 0 Å². The Hall–Kier alpha value is -0.413. The molecule has 0 spiro atoms. The van der Waals surface area contributed by atoms with Crippen molar-refractivity contribution in [2.45, 2.75) is 52.2 Å². The van der Waals surface area contributed by atoms with Crippen molar-refractivity contribution in [1.29, 1.82) is 0 Å². The lowest BCUT2D eigenvalue weighted by Crippen LogP contribution is -2.41. The second-order valence-electron chi connectivity index (χ2n) is 6.01. The van der Waals surface area contributed by atoms with Gasteiger partial charge in [0.25, 0.3) is 0 Å². The number of hydrogen-bond donors (Lipinski definition) is 0. The second-order valence-corrected chi connectivity index (χ2v) is 10.8. The Bertz CT molecular complexity index is 310. The van der Waals surface area contributed by atoms with Gasteiger partial charge >= 0.3 is 0 Å². The van der Waals surface area contributed by atoms with E-state index in [0.29, 0.717) is 5.04 Å². The van der Waals surface area contributed by atoms with Gasteiger partial charge in [-0.15, -0.1) is 0 Å². The zero-order chi connectivity index (χ0) is 12.4. The summed E-state index contributed by atoms with van der Waals surface area (Å²) in [6, 6.07) is 0. The summed E-state index contributed by atoms with van der Waals surface area (Å²) in [4.78, 5) is 4.46. The van der Waals surface area contributed by atoms with E-state index in [1.165, 1.54) is 11.3 Å². The summed E-state index contributed by atoms with van der Waals surface area (Å²) in [5, 5.41) is 0.292. The average Bonchev–Trinajstić information content (AvgIpc) is 2.60. The highest BCUT2D eigenvalue weighted by Crippen LogP contribution is 2.36. The quantitative estimate of drug-likeness (QED) is 0.684. The van der Waals surface area contributed by atoms with Crippen LogP contribution in [-0.2, 0) is 4.43 Å². The summed E-state index contributed by atoms with van der Waals surface area (Å²) in [5.41, 5.74) is 2.55. The Balaban J connectivity index is 2.48. The standard InChI is InChI=1S/C13H25NOSi/c1-7-12-8-11(9-14-12)10-15-16(5,6)13(2,3)4/h8H,7,9-10H2,1-6H3. The lowest BCUT2D eigenvalue weighted by atomic mass is 10.2. The Morgan fingerprint density at radius 2 is 2.00 bits per heavy atom. The van der Waals surface area contributed by atoms with Crippen molar-refractivity contribution in [3.8, 4) is 0 Å². The van der Waals surface area contributed by atoms with Crippen LogP contribution < -0.4 is 0 Å². The van der Waals surface area contributed by atoms with Crippen molar-refractivity contribution < 1.29 is 4.43 Å². The minimum absolute atomic E-state index is 0.292. The van der Waals surface area contributed by atoms with E-state index in [4.69, 9.17) is 4.43 Å². The molecule has 1 aliphatic rings. The monoisotopic (exact) mass is 239 g/mol. The third kappa shape index (κ3) is 3.29. The molecule has 0 saturated heterocycles. The third-order valence-electron chi connectivity index (χ3n) is 3.64. The molecule has 3 heteroatoms. The van der Waals surface area contributed by atoms with Crippen molar-refractivity contribution in [1.82, 2.24) is 0 Å². The lowest BCUT2D eigenvalue weighted by Gasteiger charge is -2.36. The third-order valence-corrected chi connectivity index (χ3v) is 8.12. The van der Waals surface area contributed by atoms with Gasteiger partial charge in [-0.2, -0.15) is 0 Å². The van der Waals surface area contributed by atoms with Crippen LogP contribution in [0.1, 0.15) is 34.1 Å². The van der Waals surface area contributed by atoms with Crippen LogP contribution in [0.3, 0.4) is 0 Å². The Morgan fingerprint density at radius 1 is 1.38 bits per heavy atom. The van der Waals surface area contributed by atoms with Gasteiger partial charge in [0, 0.05) is 5.71 Å². The molecule has 0 fully saturated rings. The van der Waals surface area contributed by atoms with E-state index in [9.17, 15) is 0 Å². The average molecular weight is 239 g/mol. The fraction of sp³-hybridized carbons (Fsp3) is 0.769. The molecule has 0 radical (unpaired) electrons. The number of nitrogens with zero attached hydrogens (tertiary/aromatic N) is 1. The van der Waals surface area contributed by atoms with Crippen LogP contribution in [0.15, 0.2) is 16.6 Å². The van der Waals surface area contributed by atoms with Gasteiger partial charge in [-0.1, -0.05) is 27.7 Å². The molecule has 0 atom stereocenters. The van der Waals surface area contributed by atoms with E-state index in [2.05, 4.69) is 51.9 Å². The molecule has 1 rings (SSSR count). The summed E-state index contributed by atoms with van der Waals surface area (Å²) < 4.78 is 6.17. The van der Waals surface area contributed by atoms with Crippen LogP contribution in [0, 0.1) is 0 Å². The van der Waals surface area contributed by atoms with Crippen LogP contribution in [0.2, 0.25) is 18.1 Å². The molecule has 0 aliphatic carbocycles. The molecule has 1 aliphatic heterocycles. The van der Waals surface area contributed by atoms with Gasteiger partial charge in [-0.3, -0.25) is 4.99 Å². The van der Waals surface area contributed by atoms with Crippen LogP contribution >= 0.6 is 0 Å². The molecule has 2 nitrogen and oxygen atoms in total. The van der Waals surface area contributed by atoms with Crippen molar-refractivity contribution in [2.24, 2.45) is 4.99 Å². The highest BCUT2D eigenvalue weighted by molar-refractivity contribution is 6.74. The van der Waals surface area contributed by atoms with E-state index >= 15 is 0 Å². The van der Waals surface area contributed by atoms with E-state index in [1.54, 1.807) is 0 Å². The van der Waals surface area contributed by atoms with E-state index in [1.807, 2.05) is 0 Å². The summed E-state index contributed by atoms with van der Waals surface area (Å²) in [7, 11) is -1.60. The van der Waals surface area contributed by atoms with Gasteiger partial charge in [0.05, 0.1) is 13.2 Å². The summed E-state index contributed by atoms with van der Waals surface area (Å²) >= 11 is 0. The minimum Gasteiger partial charge on any atom is -0.413 e. The van der Waals surface area contributed by atoms with Crippen molar-refractivity contribution in [2.75, 3.05) is 13.2 Å². The SMILES string of the molecule is CCC1=NCC(CO[Si](C)(C)C(C)(C)C)=C1. The van der Waals surface area contributed by atoms with Gasteiger partial charge in [-0.05, 0) is 36.2 Å².